The maximum absolute atomic E-state index is 13.2. The largest absolute Gasteiger partial charge is 0.507 e. The van der Waals surface area contributed by atoms with Crippen molar-refractivity contribution in [3.63, 3.8) is 0 Å². The van der Waals surface area contributed by atoms with Crippen molar-refractivity contribution in [2.24, 2.45) is 0 Å². The van der Waals surface area contributed by atoms with E-state index in [-0.39, 0.29) is 63.7 Å². The summed E-state index contributed by atoms with van der Waals surface area (Å²) in [5.74, 6) is -3.90. The molecule has 0 fully saturated rings. The van der Waals surface area contributed by atoms with Gasteiger partial charge in [0.1, 0.15) is 23.0 Å². The van der Waals surface area contributed by atoms with E-state index in [1.807, 2.05) is 0 Å². The second kappa shape index (κ2) is 12.9. The lowest BCUT2D eigenvalue weighted by Crippen LogP contribution is -2.22. The molecule has 3 heterocycles. The molecule has 0 spiro atoms. The van der Waals surface area contributed by atoms with E-state index in [2.05, 4.69) is 4.98 Å². The molecule has 0 unspecified atom stereocenters. The number of phenolic OH excluding ortho intramolecular Hbond substituents is 4. The van der Waals surface area contributed by atoms with Crippen molar-refractivity contribution < 1.29 is 39.5 Å². The van der Waals surface area contributed by atoms with Gasteiger partial charge in [0.05, 0.1) is 22.7 Å². The molecule has 2 aromatic carbocycles. The first-order valence-electron chi connectivity index (χ1n) is 12.7. The van der Waals surface area contributed by atoms with Crippen LogP contribution in [0.5, 0.6) is 34.5 Å². The highest BCUT2D eigenvalue weighted by molar-refractivity contribution is 5.85. The van der Waals surface area contributed by atoms with E-state index < -0.39 is 28.7 Å². The van der Waals surface area contributed by atoms with E-state index in [1.54, 1.807) is 12.1 Å². The number of hydrogen-bond acceptors (Lipinski definition) is 11. The first-order chi connectivity index (χ1) is 20.6. The molecule has 0 aliphatic heterocycles. The van der Waals surface area contributed by atoms with Crippen LogP contribution in [0.25, 0.3) is 24.3 Å². The first-order valence-corrected chi connectivity index (χ1v) is 12.7. The third-order valence-corrected chi connectivity index (χ3v) is 6.41. The van der Waals surface area contributed by atoms with Gasteiger partial charge < -0.3 is 39.5 Å². The van der Waals surface area contributed by atoms with E-state index in [4.69, 9.17) is 8.83 Å². The fourth-order valence-corrected chi connectivity index (χ4v) is 4.34. The molecule has 5 rings (SSSR count). The van der Waals surface area contributed by atoms with Crippen LogP contribution in [0.2, 0.25) is 0 Å². The number of pyridine rings is 1. The Hall–Kier alpha value is -5.94. The average molecular weight is 618 g/mol. The van der Waals surface area contributed by atoms with Gasteiger partial charge in [0.15, 0.2) is 23.0 Å². The fraction of sp³-hybridized carbons (Fsp3) is 0.0312. The molecule has 0 saturated carbocycles. The van der Waals surface area contributed by atoms with E-state index in [0.29, 0.717) is 11.1 Å². The quantitative estimate of drug-likeness (QED) is 0.132. The standard InChI is InChI=1S/C32H23NO10.ClH/c34-22-10-6-17(13-24(22)36)4-8-19-15-26(38)29(31(40)42-19)28(21-3-1-2-12-33-21)30-27(39)16-20(43-32(30)41)9-5-18-7-11-23(35)25(37)14-18;/h1-16,28,34-39H;1H. The van der Waals surface area contributed by atoms with Crippen molar-refractivity contribution in [1.82, 2.24) is 4.98 Å². The predicted octanol–water partition coefficient (Wildman–Crippen LogP) is 5.16. The lowest BCUT2D eigenvalue weighted by atomic mass is 9.88. The number of benzene rings is 2. The minimum Gasteiger partial charge on any atom is -0.507 e. The summed E-state index contributed by atoms with van der Waals surface area (Å²) in [6.45, 7) is 0. The molecule has 44 heavy (non-hydrogen) atoms. The molecule has 0 radical (unpaired) electrons. The first kappa shape index (κ1) is 31.0. The second-order valence-electron chi connectivity index (χ2n) is 9.32. The van der Waals surface area contributed by atoms with Crippen molar-refractivity contribution in [2.45, 2.75) is 5.92 Å². The van der Waals surface area contributed by atoms with Crippen LogP contribution in [0.1, 0.15) is 45.4 Å². The summed E-state index contributed by atoms with van der Waals surface area (Å²) in [4.78, 5) is 30.7. The van der Waals surface area contributed by atoms with Crippen LogP contribution >= 0.6 is 12.4 Å². The smallest absolute Gasteiger partial charge is 0.344 e. The molecule has 3 aromatic heterocycles. The van der Waals surface area contributed by atoms with Gasteiger partial charge in [-0.05, 0) is 59.7 Å². The van der Waals surface area contributed by atoms with E-state index in [1.165, 1.54) is 73.0 Å². The molecule has 224 valence electrons. The summed E-state index contributed by atoms with van der Waals surface area (Å²) in [5, 5.41) is 60.3. The Kier molecular flexibility index (Phi) is 9.11. The van der Waals surface area contributed by atoms with Crippen LogP contribution < -0.4 is 11.3 Å². The average Bonchev–Trinajstić information content (AvgIpc) is 2.97. The lowest BCUT2D eigenvalue weighted by Gasteiger charge is -2.17. The number of rotatable bonds is 7. The highest BCUT2D eigenvalue weighted by Crippen LogP contribution is 2.37. The highest BCUT2D eigenvalue weighted by Gasteiger charge is 2.31. The normalized spacial score (nSPS) is 11.9. The van der Waals surface area contributed by atoms with Crippen LogP contribution in [0.3, 0.4) is 0 Å². The molecule has 0 aliphatic rings. The van der Waals surface area contributed by atoms with Crippen molar-refractivity contribution in [3.05, 3.63) is 133 Å². The van der Waals surface area contributed by atoms with Gasteiger partial charge in [-0.1, -0.05) is 30.4 Å². The van der Waals surface area contributed by atoms with Gasteiger partial charge in [-0.25, -0.2) is 9.59 Å². The number of hydrogen-bond donors (Lipinski definition) is 6. The number of aromatic nitrogens is 1. The zero-order valence-corrected chi connectivity index (χ0v) is 23.3. The van der Waals surface area contributed by atoms with Crippen LogP contribution in [-0.2, 0) is 0 Å². The van der Waals surface area contributed by atoms with Crippen molar-refractivity contribution in [2.75, 3.05) is 0 Å². The van der Waals surface area contributed by atoms with Gasteiger partial charge in [-0.3, -0.25) is 4.98 Å². The highest BCUT2D eigenvalue weighted by atomic mass is 35.5. The van der Waals surface area contributed by atoms with Gasteiger partial charge >= 0.3 is 11.3 Å². The Morgan fingerprint density at radius 2 is 1.05 bits per heavy atom. The Bertz CT molecular complexity index is 1870. The van der Waals surface area contributed by atoms with Crippen molar-refractivity contribution >= 4 is 36.7 Å². The Balaban J connectivity index is 0.00000442. The summed E-state index contributed by atoms with van der Waals surface area (Å²) in [6, 6.07) is 15.1. The zero-order chi connectivity index (χ0) is 30.7. The molecule has 0 saturated heterocycles. The number of aromatic hydroxyl groups is 6. The van der Waals surface area contributed by atoms with Crippen molar-refractivity contribution in [1.29, 1.82) is 0 Å². The van der Waals surface area contributed by atoms with E-state index in [9.17, 15) is 40.2 Å². The van der Waals surface area contributed by atoms with Gasteiger partial charge in [0.2, 0.25) is 0 Å². The van der Waals surface area contributed by atoms with E-state index in [0.717, 1.165) is 12.1 Å². The molecule has 0 aliphatic carbocycles. The number of phenols is 4. The molecule has 0 bridgehead atoms. The summed E-state index contributed by atoms with van der Waals surface area (Å²) in [6.07, 6.45) is 7.06. The predicted molar refractivity (Wildman–Crippen MR) is 163 cm³/mol. The van der Waals surface area contributed by atoms with Crippen LogP contribution in [-0.4, -0.2) is 35.6 Å². The minimum atomic E-state index is -1.38. The molecule has 0 atom stereocenters. The molecule has 5 aromatic rings. The Labute approximate surface area is 254 Å². The maximum Gasteiger partial charge on any atom is 0.344 e. The third kappa shape index (κ3) is 6.58. The van der Waals surface area contributed by atoms with Crippen LogP contribution in [0.4, 0.5) is 0 Å². The molecule has 6 N–H and O–H groups in total. The Morgan fingerprint density at radius 1 is 0.568 bits per heavy atom. The summed E-state index contributed by atoms with van der Waals surface area (Å²) in [5.41, 5.74) is -1.71. The Morgan fingerprint density at radius 3 is 1.43 bits per heavy atom. The SMILES string of the molecule is Cl.O=c1oc(C=Cc2ccc(O)c(O)c2)cc(O)c1C(c1ccccn1)c1c(O)cc(C=Cc2ccc(O)c(O)c2)oc1=O. The van der Waals surface area contributed by atoms with Crippen molar-refractivity contribution in [3.8, 4) is 34.5 Å². The molecular formula is C32H24ClNO10. The fourth-order valence-electron chi connectivity index (χ4n) is 4.34. The minimum absolute atomic E-state index is 0. The second-order valence-corrected chi connectivity index (χ2v) is 9.32. The van der Waals surface area contributed by atoms with Crippen LogP contribution in [0.15, 0.2) is 91.4 Å². The monoisotopic (exact) mass is 617 g/mol. The molecular weight excluding hydrogens is 594 g/mol. The number of halogens is 1. The van der Waals surface area contributed by atoms with Crippen LogP contribution in [0, 0.1) is 0 Å². The summed E-state index contributed by atoms with van der Waals surface area (Å²) >= 11 is 0. The molecule has 0 amide bonds. The number of nitrogens with zero attached hydrogens (tertiary/aromatic N) is 1. The summed E-state index contributed by atoms with van der Waals surface area (Å²) < 4.78 is 10.8. The third-order valence-electron chi connectivity index (χ3n) is 6.41. The molecule has 12 heteroatoms. The lowest BCUT2D eigenvalue weighted by molar-refractivity contribution is 0.403. The summed E-state index contributed by atoms with van der Waals surface area (Å²) in [7, 11) is 0. The maximum atomic E-state index is 13.2. The zero-order valence-electron chi connectivity index (χ0n) is 22.5. The topological polar surface area (TPSA) is 195 Å². The molecule has 11 nitrogen and oxygen atoms in total. The van der Waals surface area contributed by atoms with E-state index >= 15 is 0 Å². The van der Waals surface area contributed by atoms with Gasteiger partial charge in [0, 0.05) is 18.3 Å². The van der Waals surface area contributed by atoms with Gasteiger partial charge in [-0.2, -0.15) is 0 Å². The van der Waals surface area contributed by atoms with Gasteiger partial charge in [-0.15, -0.1) is 12.4 Å². The van der Waals surface area contributed by atoms with Gasteiger partial charge in [0.25, 0.3) is 0 Å².